The number of hydrogen-bond donors (Lipinski definition) is 0. The molecule has 22 heavy (non-hydrogen) atoms. The summed E-state index contributed by atoms with van der Waals surface area (Å²) in [6.45, 7) is 2.20. The quantitative estimate of drug-likeness (QED) is 0.820. The van der Waals surface area contributed by atoms with Crippen molar-refractivity contribution in [2.75, 3.05) is 0 Å². The second-order valence-electron chi connectivity index (χ2n) is 6.19. The van der Waals surface area contributed by atoms with Gasteiger partial charge in [0, 0.05) is 23.3 Å². The smallest absolute Gasteiger partial charge is 0.160 e. The van der Waals surface area contributed by atoms with E-state index >= 15 is 0 Å². The third-order valence-corrected chi connectivity index (χ3v) is 6.18. The molecule has 1 aromatic carbocycles. The number of carbonyl (C=O) groups is 1. The minimum absolute atomic E-state index is 0.275. The molecule has 0 unspecified atom stereocenters. The molecular weight excluding hydrogens is 290 g/mol. The first-order chi connectivity index (χ1) is 10.8. The zero-order valence-corrected chi connectivity index (χ0v) is 13.6. The summed E-state index contributed by atoms with van der Waals surface area (Å²) >= 11 is 1.71. The number of benzene rings is 1. The average molecular weight is 309 g/mol. The summed E-state index contributed by atoms with van der Waals surface area (Å²) in [5, 5.41) is 0. The molecule has 2 aromatic rings. The molecule has 0 spiro atoms. The third kappa shape index (κ3) is 1.78. The number of thiazole rings is 1. The minimum atomic E-state index is -0.275. The molecule has 0 radical (unpaired) electrons. The predicted octanol–water partition coefficient (Wildman–Crippen LogP) is 4.44. The van der Waals surface area contributed by atoms with Gasteiger partial charge in [-0.15, -0.1) is 11.3 Å². The Morgan fingerprint density at radius 2 is 2.05 bits per heavy atom. The first-order valence-electron chi connectivity index (χ1n) is 8.01. The number of Topliss-reactive ketones (excluding diaryl/α,β-unsaturated/α-hetero) is 1. The number of hydrogen-bond acceptors (Lipinski definition) is 3. The summed E-state index contributed by atoms with van der Waals surface area (Å²) < 4.78 is 0. The van der Waals surface area contributed by atoms with Gasteiger partial charge < -0.3 is 0 Å². The number of fused-ring (bicyclic) bond motifs is 1. The van der Waals surface area contributed by atoms with E-state index in [0.717, 1.165) is 31.3 Å². The van der Waals surface area contributed by atoms with E-state index in [9.17, 15) is 4.79 Å². The highest BCUT2D eigenvalue weighted by atomic mass is 32.1. The fourth-order valence-corrected chi connectivity index (χ4v) is 5.34. The first kappa shape index (κ1) is 13.9. The van der Waals surface area contributed by atoms with Crippen molar-refractivity contribution in [3.05, 3.63) is 63.1 Å². The SMILES string of the molecule is CC[C@@]1(c2ccccc2)C2=C(CCCC2=O)Cc2ncsc21. The lowest BCUT2D eigenvalue weighted by atomic mass is 9.62. The van der Waals surface area contributed by atoms with Gasteiger partial charge in [-0.3, -0.25) is 4.79 Å². The van der Waals surface area contributed by atoms with E-state index in [-0.39, 0.29) is 5.41 Å². The third-order valence-electron chi connectivity index (χ3n) is 5.15. The Morgan fingerprint density at radius 1 is 1.23 bits per heavy atom. The van der Waals surface area contributed by atoms with Gasteiger partial charge in [-0.25, -0.2) is 4.98 Å². The summed E-state index contributed by atoms with van der Waals surface area (Å²) in [5.74, 6) is 0.353. The molecule has 112 valence electrons. The molecule has 1 atom stereocenters. The highest BCUT2D eigenvalue weighted by molar-refractivity contribution is 7.10. The van der Waals surface area contributed by atoms with E-state index < -0.39 is 0 Å². The van der Waals surface area contributed by atoms with Crippen LogP contribution in [-0.4, -0.2) is 10.8 Å². The van der Waals surface area contributed by atoms with Crippen molar-refractivity contribution >= 4 is 17.1 Å². The fourth-order valence-electron chi connectivity index (χ4n) is 4.22. The second kappa shape index (κ2) is 5.17. The lowest BCUT2D eigenvalue weighted by Gasteiger charge is -2.41. The summed E-state index contributed by atoms with van der Waals surface area (Å²) in [6.07, 6.45) is 4.52. The van der Waals surface area contributed by atoms with E-state index in [2.05, 4.69) is 36.2 Å². The van der Waals surface area contributed by atoms with Gasteiger partial charge >= 0.3 is 0 Å². The van der Waals surface area contributed by atoms with Gasteiger partial charge in [0.15, 0.2) is 5.78 Å². The topological polar surface area (TPSA) is 30.0 Å². The van der Waals surface area contributed by atoms with Crippen molar-refractivity contribution in [2.24, 2.45) is 0 Å². The van der Waals surface area contributed by atoms with Crippen molar-refractivity contribution in [1.82, 2.24) is 4.98 Å². The Labute approximate surface area is 134 Å². The van der Waals surface area contributed by atoms with E-state index in [1.54, 1.807) is 11.3 Å². The standard InChI is InChI=1S/C19H19NOS/c1-2-19(14-8-4-3-5-9-14)17-13(7-6-10-16(17)21)11-15-18(19)22-12-20-15/h3-5,8-9,12H,2,6-7,10-11H2,1H3/t19-/m1/s1. The molecule has 1 aromatic heterocycles. The molecule has 0 amide bonds. The molecule has 0 aliphatic heterocycles. The molecule has 2 nitrogen and oxygen atoms in total. The Bertz CT molecular complexity index is 759. The van der Waals surface area contributed by atoms with Crippen molar-refractivity contribution in [3.8, 4) is 0 Å². The normalized spacial score (nSPS) is 24.1. The predicted molar refractivity (Wildman–Crippen MR) is 89.2 cm³/mol. The largest absolute Gasteiger partial charge is 0.295 e. The molecule has 0 bridgehead atoms. The summed E-state index contributed by atoms with van der Waals surface area (Å²) in [4.78, 5) is 18.7. The van der Waals surface area contributed by atoms with Gasteiger partial charge in [0.1, 0.15) is 0 Å². The Hall–Kier alpha value is -1.74. The molecule has 2 aliphatic carbocycles. The van der Waals surface area contributed by atoms with Crippen LogP contribution in [0.5, 0.6) is 0 Å². The van der Waals surface area contributed by atoms with E-state index in [1.165, 1.54) is 21.7 Å². The highest BCUT2D eigenvalue weighted by Gasteiger charge is 2.47. The number of nitrogens with zero attached hydrogens (tertiary/aromatic N) is 1. The Kier molecular flexibility index (Phi) is 3.26. The molecule has 0 fully saturated rings. The number of carbonyl (C=O) groups excluding carboxylic acids is 1. The number of aromatic nitrogens is 1. The van der Waals surface area contributed by atoms with Gasteiger partial charge in [0.05, 0.1) is 16.6 Å². The van der Waals surface area contributed by atoms with Crippen molar-refractivity contribution in [3.63, 3.8) is 0 Å². The number of ketones is 1. The van der Waals surface area contributed by atoms with E-state index in [0.29, 0.717) is 12.2 Å². The van der Waals surface area contributed by atoms with Crippen LogP contribution < -0.4 is 0 Å². The van der Waals surface area contributed by atoms with Crippen LogP contribution in [0.2, 0.25) is 0 Å². The molecule has 1 heterocycles. The van der Waals surface area contributed by atoms with Crippen LogP contribution in [0.15, 0.2) is 47.0 Å². The molecule has 0 N–H and O–H groups in total. The summed E-state index contributed by atoms with van der Waals surface area (Å²) in [5.41, 5.74) is 6.52. The minimum Gasteiger partial charge on any atom is -0.295 e. The maximum absolute atomic E-state index is 12.8. The van der Waals surface area contributed by atoms with E-state index in [1.807, 2.05) is 11.6 Å². The maximum atomic E-state index is 12.8. The molecular formula is C19H19NOS. The van der Waals surface area contributed by atoms with Crippen LogP contribution in [-0.2, 0) is 16.6 Å². The Balaban J connectivity index is 2.05. The van der Waals surface area contributed by atoms with Crippen molar-refractivity contribution in [2.45, 2.75) is 44.4 Å². The van der Waals surface area contributed by atoms with Gasteiger partial charge in [0.25, 0.3) is 0 Å². The van der Waals surface area contributed by atoms with E-state index in [4.69, 9.17) is 0 Å². The van der Waals surface area contributed by atoms with Crippen LogP contribution in [0.1, 0.15) is 48.7 Å². The average Bonchev–Trinajstić information content (AvgIpc) is 3.02. The van der Waals surface area contributed by atoms with Crippen LogP contribution in [0.4, 0.5) is 0 Å². The van der Waals surface area contributed by atoms with Crippen LogP contribution >= 0.6 is 11.3 Å². The van der Waals surface area contributed by atoms with Gasteiger partial charge in [-0.1, -0.05) is 42.8 Å². The lowest BCUT2D eigenvalue weighted by Crippen LogP contribution is -2.39. The second-order valence-corrected chi connectivity index (χ2v) is 7.04. The zero-order valence-electron chi connectivity index (χ0n) is 12.8. The summed E-state index contributed by atoms with van der Waals surface area (Å²) in [6, 6.07) is 10.5. The number of allylic oxidation sites excluding steroid dienone is 2. The summed E-state index contributed by atoms with van der Waals surface area (Å²) in [7, 11) is 0. The van der Waals surface area contributed by atoms with Crippen LogP contribution in [0.25, 0.3) is 0 Å². The first-order valence-corrected chi connectivity index (χ1v) is 8.89. The van der Waals surface area contributed by atoms with Gasteiger partial charge in [-0.05, 0) is 24.8 Å². The molecule has 3 heteroatoms. The van der Waals surface area contributed by atoms with Crippen molar-refractivity contribution in [1.29, 1.82) is 0 Å². The highest BCUT2D eigenvalue weighted by Crippen LogP contribution is 2.52. The number of rotatable bonds is 2. The monoisotopic (exact) mass is 309 g/mol. The molecule has 0 saturated heterocycles. The molecule has 2 aliphatic rings. The Morgan fingerprint density at radius 3 is 2.82 bits per heavy atom. The fraction of sp³-hybridized carbons (Fsp3) is 0.368. The molecule has 0 saturated carbocycles. The zero-order chi connectivity index (χ0) is 15.2. The lowest BCUT2D eigenvalue weighted by molar-refractivity contribution is -0.116. The van der Waals surface area contributed by atoms with Gasteiger partial charge in [0.2, 0.25) is 0 Å². The van der Waals surface area contributed by atoms with Crippen molar-refractivity contribution < 1.29 is 4.79 Å². The van der Waals surface area contributed by atoms with Crippen LogP contribution in [0, 0.1) is 0 Å². The van der Waals surface area contributed by atoms with Gasteiger partial charge in [-0.2, -0.15) is 0 Å². The molecule has 4 rings (SSSR count). The maximum Gasteiger partial charge on any atom is 0.160 e. The van der Waals surface area contributed by atoms with Crippen LogP contribution in [0.3, 0.4) is 0 Å².